The Balaban J connectivity index is 1.49. The first-order valence-electron chi connectivity index (χ1n) is 11.2. The molecule has 6 rings (SSSR count). The summed E-state index contributed by atoms with van der Waals surface area (Å²) in [6.45, 7) is 2.73. The van der Waals surface area contributed by atoms with Crippen LogP contribution in [0.1, 0.15) is 25.8 Å². The predicted octanol–water partition coefficient (Wildman–Crippen LogP) is 3.50. The lowest BCUT2D eigenvalue weighted by atomic mass is 10.1. The quantitative estimate of drug-likeness (QED) is 0.408. The van der Waals surface area contributed by atoms with E-state index in [4.69, 9.17) is 9.84 Å². The molecule has 172 valence electrons. The minimum Gasteiger partial charge on any atom is -0.477 e. The smallest absolute Gasteiger partial charge is 0.222 e. The van der Waals surface area contributed by atoms with E-state index in [0.717, 1.165) is 40.7 Å². The average Bonchev–Trinajstić information content (AvgIpc) is 3.53. The molecule has 1 unspecified atom stereocenters. The topological polar surface area (TPSA) is 113 Å². The van der Waals surface area contributed by atoms with Crippen LogP contribution < -0.4 is 10.1 Å². The molecule has 11 heteroatoms. The molecule has 0 fully saturated rings. The van der Waals surface area contributed by atoms with Crippen LogP contribution in [0.5, 0.6) is 5.88 Å². The van der Waals surface area contributed by atoms with Crippen molar-refractivity contribution in [1.82, 2.24) is 44.3 Å². The van der Waals surface area contributed by atoms with Crippen molar-refractivity contribution in [1.29, 1.82) is 0 Å². The minimum atomic E-state index is 0.153. The first kappa shape index (κ1) is 20.3. The molecule has 4 bridgehead atoms. The maximum atomic E-state index is 6.13. The van der Waals surface area contributed by atoms with Crippen molar-refractivity contribution in [2.45, 2.75) is 25.8 Å². The first-order valence-corrected chi connectivity index (χ1v) is 11.2. The fraction of sp³-hybridized carbons (Fsp3) is 0.304. The van der Waals surface area contributed by atoms with Crippen LogP contribution in [0.15, 0.2) is 43.0 Å². The van der Waals surface area contributed by atoms with E-state index in [2.05, 4.69) is 42.1 Å². The third kappa shape index (κ3) is 3.36. The number of pyridine rings is 1. The Morgan fingerprint density at radius 1 is 1.03 bits per heavy atom. The van der Waals surface area contributed by atoms with Crippen molar-refractivity contribution < 1.29 is 4.74 Å². The van der Waals surface area contributed by atoms with Gasteiger partial charge in [-0.25, -0.2) is 19.6 Å². The second kappa shape index (κ2) is 7.94. The average molecular weight is 457 g/mol. The Morgan fingerprint density at radius 2 is 1.94 bits per heavy atom. The monoisotopic (exact) mass is 456 g/mol. The number of aryl methyl sites for hydroxylation is 2. The van der Waals surface area contributed by atoms with Crippen molar-refractivity contribution >= 4 is 22.5 Å². The highest BCUT2D eigenvalue weighted by molar-refractivity contribution is 5.93. The molecule has 0 saturated carbocycles. The summed E-state index contributed by atoms with van der Waals surface area (Å²) in [5, 5.41) is 18.0. The summed E-state index contributed by atoms with van der Waals surface area (Å²) in [7, 11) is 3.77. The molecule has 0 spiro atoms. The van der Waals surface area contributed by atoms with Crippen molar-refractivity contribution in [2.24, 2.45) is 14.1 Å². The van der Waals surface area contributed by atoms with Crippen LogP contribution in [0.3, 0.4) is 0 Å². The molecule has 0 aliphatic carbocycles. The molecule has 0 radical (unpaired) electrons. The predicted molar refractivity (Wildman–Crippen MR) is 127 cm³/mol. The first-order chi connectivity index (χ1) is 16.6. The normalized spacial score (nSPS) is 15.9. The lowest BCUT2D eigenvalue weighted by Gasteiger charge is -2.14. The maximum absolute atomic E-state index is 6.13. The third-order valence-corrected chi connectivity index (χ3v) is 6.11. The van der Waals surface area contributed by atoms with E-state index < -0.39 is 0 Å². The highest BCUT2D eigenvalue weighted by Gasteiger charge is 2.21. The van der Waals surface area contributed by atoms with E-state index in [-0.39, 0.29) is 6.04 Å². The molecular formula is C23H24N10O. The van der Waals surface area contributed by atoms with Gasteiger partial charge in [0.05, 0.1) is 24.0 Å². The SMILES string of the molecule is CC1CCCOc2c(cnn2C)-c2nccc(n2)Nc2cc3c(cn2)c(-c2ccnn2C)nn31. The minimum absolute atomic E-state index is 0.153. The van der Waals surface area contributed by atoms with Gasteiger partial charge in [0, 0.05) is 50.2 Å². The van der Waals surface area contributed by atoms with Crippen LogP contribution in [0.25, 0.3) is 33.7 Å². The molecule has 5 aromatic rings. The number of nitrogens with zero attached hydrogens (tertiary/aromatic N) is 9. The highest BCUT2D eigenvalue weighted by Crippen LogP contribution is 2.33. The molecule has 0 aromatic carbocycles. The van der Waals surface area contributed by atoms with Gasteiger partial charge in [-0.3, -0.25) is 9.36 Å². The number of ether oxygens (including phenoxy) is 1. The van der Waals surface area contributed by atoms with Gasteiger partial charge >= 0.3 is 0 Å². The van der Waals surface area contributed by atoms with Gasteiger partial charge in [0.25, 0.3) is 0 Å². The van der Waals surface area contributed by atoms with Gasteiger partial charge in [-0.1, -0.05) is 0 Å². The second-order valence-corrected chi connectivity index (χ2v) is 8.44. The van der Waals surface area contributed by atoms with Crippen molar-refractivity contribution in [3.8, 4) is 28.7 Å². The summed E-state index contributed by atoms with van der Waals surface area (Å²) in [5.41, 5.74) is 3.56. The molecule has 11 nitrogen and oxygen atoms in total. The van der Waals surface area contributed by atoms with E-state index in [1.165, 1.54) is 0 Å². The Morgan fingerprint density at radius 3 is 2.79 bits per heavy atom. The highest BCUT2D eigenvalue weighted by atomic mass is 16.5. The lowest BCUT2D eigenvalue weighted by molar-refractivity contribution is 0.271. The number of nitrogens with one attached hydrogen (secondary N) is 1. The number of rotatable bonds is 1. The van der Waals surface area contributed by atoms with Crippen LogP contribution in [0.4, 0.5) is 11.6 Å². The second-order valence-electron chi connectivity index (χ2n) is 8.44. The summed E-state index contributed by atoms with van der Waals surface area (Å²) in [4.78, 5) is 13.8. The molecule has 34 heavy (non-hydrogen) atoms. The number of hydrogen-bond acceptors (Lipinski definition) is 8. The molecule has 6 heterocycles. The maximum Gasteiger partial charge on any atom is 0.222 e. The van der Waals surface area contributed by atoms with E-state index in [0.29, 0.717) is 29.9 Å². The molecule has 1 aliphatic heterocycles. The molecule has 5 aromatic heterocycles. The molecule has 0 saturated heterocycles. The van der Waals surface area contributed by atoms with E-state index in [1.54, 1.807) is 23.3 Å². The number of aromatic nitrogens is 9. The van der Waals surface area contributed by atoms with Crippen molar-refractivity contribution in [2.75, 3.05) is 11.9 Å². The summed E-state index contributed by atoms with van der Waals surface area (Å²) in [6.07, 6.45) is 8.83. The summed E-state index contributed by atoms with van der Waals surface area (Å²) in [6, 6.07) is 5.95. The van der Waals surface area contributed by atoms with Gasteiger partial charge in [-0.15, -0.1) is 0 Å². The van der Waals surface area contributed by atoms with Gasteiger partial charge in [0.15, 0.2) is 5.82 Å². The van der Waals surface area contributed by atoms with E-state index in [9.17, 15) is 0 Å². The fourth-order valence-electron chi connectivity index (χ4n) is 4.34. The van der Waals surface area contributed by atoms with Crippen LogP contribution in [0, 0.1) is 0 Å². The van der Waals surface area contributed by atoms with E-state index >= 15 is 0 Å². The number of hydrogen-bond donors (Lipinski definition) is 1. The molecule has 1 aliphatic rings. The van der Waals surface area contributed by atoms with Gasteiger partial charge in [0.1, 0.15) is 22.9 Å². The van der Waals surface area contributed by atoms with Gasteiger partial charge in [-0.2, -0.15) is 15.3 Å². The fourth-order valence-corrected chi connectivity index (χ4v) is 4.34. The molecule has 1 atom stereocenters. The Kier molecular flexibility index (Phi) is 4.75. The molecule has 1 N–H and O–H groups in total. The summed E-state index contributed by atoms with van der Waals surface area (Å²) >= 11 is 0. The van der Waals surface area contributed by atoms with Crippen molar-refractivity contribution in [3.63, 3.8) is 0 Å². The zero-order valence-corrected chi connectivity index (χ0v) is 19.2. The standard InChI is InChI=1S/C23H24N10O/c1-14-5-4-10-34-23-16(13-27-32(23)3)22-24-8-7-19(29-22)28-20-11-18-15(12-25-20)21(30-33(14)18)17-6-9-26-31(17)2/h6-9,11-14H,4-5,10H2,1-3H3,(H,24,25,28,29). The number of fused-ring (bicyclic) bond motifs is 5. The Bertz CT molecular complexity index is 1500. The van der Waals surface area contributed by atoms with Crippen LogP contribution in [-0.2, 0) is 14.1 Å². The number of anilines is 2. The van der Waals surface area contributed by atoms with Crippen LogP contribution >= 0.6 is 0 Å². The molecular weight excluding hydrogens is 432 g/mol. The van der Waals surface area contributed by atoms with Gasteiger partial charge < -0.3 is 10.1 Å². The zero-order valence-electron chi connectivity index (χ0n) is 19.2. The van der Waals surface area contributed by atoms with Gasteiger partial charge in [0.2, 0.25) is 5.88 Å². The Hall–Kier alpha value is -4.28. The third-order valence-electron chi connectivity index (χ3n) is 6.11. The van der Waals surface area contributed by atoms with Crippen LogP contribution in [-0.4, -0.2) is 50.9 Å². The van der Waals surface area contributed by atoms with Crippen LogP contribution in [0.2, 0.25) is 0 Å². The largest absolute Gasteiger partial charge is 0.477 e. The Labute approximate surface area is 195 Å². The summed E-state index contributed by atoms with van der Waals surface area (Å²) < 4.78 is 11.7. The molecule has 0 amide bonds. The van der Waals surface area contributed by atoms with Crippen molar-refractivity contribution in [3.05, 3.63) is 43.0 Å². The summed E-state index contributed by atoms with van der Waals surface area (Å²) in [5.74, 6) is 2.51. The lowest BCUT2D eigenvalue weighted by Crippen LogP contribution is -2.10. The van der Waals surface area contributed by atoms with E-state index in [1.807, 2.05) is 43.2 Å². The zero-order chi connectivity index (χ0) is 23.2. The van der Waals surface area contributed by atoms with Gasteiger partial charge in [-0.05, 0) is 31.9 Å².